The Labute approximate surface area is 134 Å². The zero-order valence-electron chi connectivity index (χ0n) is 12.9. The molecule has 0 unspecified atom stereocenters. The van der Waals surface area contributed by atoms with Crippen LogP contribution < -0.4 is 10.6 Å². The molecular weight excluding hydrogens is 288 g/mol. The van der Waals surface area contributed by atoms with Crippen molar-refractivity contribution in [2.75, 3.05) is 11.9 Å². The molecule has 5 heteroatoms. The van der Waals surface area contributed by atoms with E-state index in [0.29, 0.717) is 17.9 Å². The number of nitrogens with one attached hydrogen (secondary N) is 2. The van der Waals surface area contributed by atoms with Crippen LogP contribution >= 0.6 is 0 Å². The third-order valence-corrected chi connectivity index (χ3v) is 3.43. The second kappa shape index (κ2) is 6.87. The van der Waals surface area contributed by atoms with Gasteiger partial charge in [-0.2, -0.15) is 0 Å². The molecule has 5 nitrogen and oxygen atoms in total. The van der Waals surface area contributed by atoms with Crippen LogP contribution in [0, 0.1) is 0 Å². The summed E-state index contributed by atoms with van der Waals surface area (Å²) in [5.74, 6) is 0.553. The van der Waals surface area contributed by atoms with Crippen LogP contribution in [0.2, 0.25) is 0 Å². The first kappa shape index (κ1) is 15.0. The van der Waals surface area contributed by atoms with Gasteiger partial charge in [-0.05, 0) is 42.8 Å². The fourth-order valence-electron chi connectivity index (χ4n) is 2.28. The van der Waals surface area contributed by atoms with Gasteiger partial charge in [-0.25, -0.2) is 4.98 Å². The molecule has 0 radical (unpaired) electrons. The van der Waals surface area contributed by atoms with Gasteiger partial charge in [-0.1, -0.05) is 13.0 Å². The molecule has 1 amide bonds. The van der Waals surface area contributed by atoms with E-state index in [1.807, 2.05) is 37.3 Å². The van der Waals surface area contributed by atoms with Gasteiger partial charge in [0.05, 0.1) is 5.52 Å². The average molecular weight is 306 g/mol. The highest BCUT2D eigenvalue weighted by Crippen LogP contribution is 2.20. The maximum Gasteiger partial charge on any atom is 0.251 e. The normalized spacial score (nSPS) is 10.5. The van der Waals surface area contributed by atoms with Crippen molar-refractivity contribution in [1.29, 1.82) is 0 Å². The first-order chi connectivity index (χ1) is 11.3. The minimum Gasteiger partial charge on any atom is -0.352 e. The van der Waals surface area contributed by atoms with Crippen LogP contribution in [-0.2, 0) is 0 Å². The molecule has 0 fully saturated rings. The lowest BCUT2D eigenvalue weighted by Crippen LogP contribution is -2.24. The first-order valence-corrected chi connectivity index (χ1v) is 7.62. The van der Waals surface area contributed by atoms with Gasteiger partial charge in [0.1, 0.15) is 5.82 Å². The number of carbonyl (C=O) groups is 1. The SMILES string of the molecule is CCCNC(=O)c1ccnc(Nc2ccc3ncccc3c2)c1. The number of nitrogens with zero attached hydrogens (tertiary/aromatic N) is 2. The maximum atomic E-state index is 12.0. The molecule has 0 aliphatic rings. The molecule has 1 aromatic carbocycles. The minimum absolute atomic E-state index is 0.0833. The fraction of sp³-hybridized carbons (Fsp3) is 0.167. The van der Waals surface area contributed by atoms with Gasteiger partial charge in [0, 0.05) is 35.6 Å². The summed E-state index contributed by atoms with van der Waals surface area (Å²) in [6.07, 6.45) is 4.31. The number of hydrogen-bond donors (Lipinski definition) is 2. The summed E-state index contributed by atoms with van der Waals surface area (Å²) in [4.78, 5) is 20.6. The van der Waals surface area contributed by atoms with E-state index in [9.17, 15) is 4.79 Å². The van der Waals surface area contributed by atoms with Gasteiger partial charge < -0.3 is 10.6 Å². The van der Waals surface area contributed by atoms with Crippen molar-refractivity contribution in [3.8, 4) is 0 Å². The highest BCUT2D eigenvalue weighted by atomic mass is 16.1. The van der Waals surface area contributed by atoms with Crippen molar-refractivity contribution in [3.05, 3.63) is 60.4 Å². The number of carbonyl (C=O) groups excluding carboxylic acids is 1. The zero-order valence-corrected chi connectivity index (χ0v) is 12.9. The smallest absolute Gasteiger partial charge is 0.251 e. The molecule has 3 rings (SSSR count). The predicted molar refractivity (Wildman–Crippen MR) is 91.9 cm³/mol. The minimum atomic E-state index is -0.0833. The second-order valence-corrected chi connectivity index (χ2v) is 5.22. The summed E-state index contributed by atoms with van der Waals surface area (Å²) in [5, 5.41) is 7.14. The fourth-order valence-corrected chi connectivity index (χ4v) is 2.28. The number of hydrogen-bond acceptors (Lipinski definition) is 4. The third-order valence-electron chi connectivity index (χ3n) is 3.43. The summed E-state index contributed by atoms with van der Waals surface area (Å²) < 4.78 is 0. The Hall–Kier alpha value is -2.95. The average Bonchev–Trinajstić information content (AvgIpc) is 2.60. The van der Waals surface area contributed by atoms with Gasteiger partial charge in [0.25, 0.3) is 5.91 Å². The molecule has 0 atom stereocenters. The lowest BCUT2D eigenvalue weighted by Gasteiger charge is -2.08. The number of pyridine rings is 2. The lowest BCUT2D eigenvalue weighted by molar-refractivity contribution is 0.0953. The molecule has 0 bridgehead atoms. The van der Waals surface area contributed by atoms with E-state index >= 15 is 0 Å². The van der Waals surface area contributed by atoms with Crippen molar-refractivity contribution in [1.82, 2.24) is 15.3 Å². The van der Waals surface area contributed by atoms with Crippen molar-refractivity contribution in [2.24, 2.45) is 0 Å². The van der Waals surface area contributed by atoms with Crippen LogP contribution in [0.4, 0.5) is 11.5 Å². The Morgan fingerprint density at radius 2 is 2.00 bits per heavy atom. The quantitative estimate of drug-likeness (QED) is 0.757. The van der Waals surface area contributed by atoms with Crippen molar-refractivity contribution >= 4 is 28.3 Å². The standard InChI is InChI=1S/C18H18N4O/c1-2-8-21-18(23)14-7-10-20-17(12-14)22-15-5-6-16-13(11-15)4-3-9-19-16/h3-7,9-12H,2,8H2,1H3,(H,20,22)(H,21,23). The maximum absolute atomic E-state index is 12.0. The summed E-state index contributed by atoms with van der Waals surface area (Å²) in [6, 6.07) is 13.3. The van der Waals surface area contributed by atoms with E-state index in [2.05, 4.69) is 20.6 Å². The zero-order chi connectivity index (χ0) is 16.1. The van der Waals surface area contributed by atoms with Gasteiger partial charge in [-0.15, -0.1) is 0 Å². The van der Waals surface area contributed by atoms with Crippen LogP contribution in [0.25, 0.3) is 10.9 Å². The number of amides is 1. The van der Waals surface area contributed by atoms with E-state index in [1.165, 1.54) is 0 Å². The molecule has 2 aromatic heterocycles. The van der Waals surface area contributed by atoms with E-state index in [4.69, 9.17) is 0 Å². The number of benzene rings is 1. The van der Waals surface area contributed by atoms with Gasteiger partial charge >= 0.3 is 0 Å². The third kappa shape index (κ3) is 3.63. The van der Waals surface area contributed by atoms with Crippen molar-refractivity contribution in [2.45, 2.75) is 13.3 Å². The summed E-state index contributed by atoms with van der Waals surface area (Å²) >= 11 is 0. The number of rotatable bonds is 5. The molecule has 0 aliphatic heterocycles. The van der Waals surface area contributed by atoms with E-state index in [0.717, 1.165) is 23.0 Å². The van der Waals surface area contributed by atoms with Crippen LogP contribution in [0.1, 0.15) is 23.7 Å². The number of fused-ring (bicyclic) bond motifs is 1. The lowest BCUT2D eigenvalue weighted by atomic mass is 10.2. The van der Waals surface area contributed by atoms with Crippen LogP contribution in [0.3, 0.4) is 0 Å². The van der Waals surface area contributed by atoms with Crippen LogP contribution in [-0.4, -0.2) is 22.4 Å². The van der Waals surface area contributed by atoms with E-state index in [-0.39, 0.29) is 5.91 Å². The van der Waals surface area contributed by atoms with Gasteiger partial charge in [0.2, 0.25) is 0 Å². The molecule has 3 aromatic rings. The predicted octanol–water partition coefficient (Wildman–Crippen LogP) is 3.51. The molecule has 116 valence electrons. The topological polar surface area (TPSA) is 66.9 Å². The highest BCUT2D eigenvalue weighted by Gasteiger charge is 2.06. The molecular formula is C18H18N4O. The molecule has 23 heavy (non-hydrogen) atoms. The summed E-state index contributed by atoms with van der Waals surface area (Å²) in [5.41, 5.74) is 2.45. The first-order valence-electron chi connectivity index (χ1n) is 7.62. The van der Waals surface area contributed by atoms with E-state index < -0.39 is 0 Å². The Morgan fingerprint density at radius 3 is 2.87 bits per heavy atom. The summed E-state index contributed by atoms with van der Waals surface area (Å²) in [6.45, 7) is 2.69. The molecule has 2 heterocycles. The summed E-state index contributed by atoms with van der Waals surface area (Å²) in [7, 11) is 0. The van der Waals surface area contributed by atoms with Gasteiger partial charge in [0.15, 0.2) is 0 Å². The highest BCUT2D eigenvalue weighted by molar-refractivity contribution is 5.95. The molecule has 2 N–H and O–H groups in total. The van der Waals surface area contributed by atoms with Crippen molar-refractivity contribution in [3.63, 3.8) is 0 Å². The molecule has 0 aliphatic carbocycles. The Kier molecular flexibility index (Phi) is 4.47. The molecule has 0 saturated heterocycles. The Balaban J connectivity index is 1.80. The van der Waals surface area contributed by atoms with Crippen molar-refractivity contribution < 1.29 is 4.79 Å². The molecule has 0 saturated carbocycles. The number of anilines is 2. The number of aromatic nitrogens is 2. The van der Waals surface area contributed by atoms with E-state index in [1.54, 1.807) is 24.5 Å². The Morgan fingerprint density at radius 1 is 1.09 bits per heavy atom. The van der Waals surface area contributed by atoms with Crippen LogP contribution in [0.5, 0.6) is 0 Å². The Bertz CT molecular complexity index is 832. The largest absolute Gasteiger partial charge is 0.352 e. The monoisotopic (exact) mass is 306 g/mol. The van der Waals surface area contributed by atoms with Crippen LogP contribution in [0.15, 0.2) is 54.9 Å². The second-order valence-electron chi connectivity index (χ2n) is 5.22. The van der Waals surface area contributed by atoms with Gasteiger partial charge in [-0.3, -0.25) is 9.78 Å². The molecule has 0 spiro atoms.